The molecule has 2 rings (SSSR count). The molecule has 1 aliphatic rings. The molecule has 1 fully saturated rings. The molecule has 156 valence electrons. The number of amides is 2. The zero-order valence-electron chi connectivity index (χ0n) is 16.9. The molecule has 0 aromatic carbocycles. The van der Waals surface area contributed by atoms with Crippen molar-refractivity contribution in [2.24, 2.45) is 5.92 Å². The number of hydrogen-bond acceptors (Lipinski definition) is 8. The first-order valence-electron chi connectivity index (χ1n) is 9.92. The molecule has 3 N–H and O–H groups in total. The number of nitrogens with zero attached hydrogens (tertiary/aromatic N) is 5. The van der Waals surface area contributed by atoms with Gasteiger partial charge in [-0.15, -0.1) is 0 Å². The SMILES string of the molecule is CCCCCC(CN(O)C=O)C(=O)NNc1nc(CC)nc(N(C)C2CC2)n1. The molecular formula is C18H31N7O3. The molecule has 1 atom stereocenters. The van der Waals surface area contributed by atoms with E-state index in [-0.39, 0.29) is 18.4 Å². The Kier molecular flexibility index (Phi) is 8.37. The van der Waals surface area contributed by atoms with Crippen molar-refractivity contribution in [2.75, 3.05) is 23.9 Å². The average Bonchev–Trinajstić information content (AvgIpc) is 3.55. The summed E-state index contributed by atoms with van der Waals surface area (Å²) in [4.78, 5) is 38.4. The summed E-state index contributed by atoms with van der Waals surface area (Å²) in [5, 5.41) is 9.97. The minimum absolute atomic E-state index is 0.0617. The first-order valence-corrected chi connectivity index (χ1v) is 9.92. The van der Waals surface area contributed by atoms with E-state index in [1.165, 1.54) is 0 Å². The Morgan fingerprint density at radius 3 is 2.64 bits per heavy atom. The highest BCUT2D eigenvalue weighted by Gasteiger charge is 2.28. The maximum Gasteiger partial charge on any atom is 0.246 e. The zero-order chi connectivity index (χ0) is 20.5. The Balaban J connectivity index is 2.01. The Morgan fingerprint density at radius 2 is 2.04 bits per heavy atom. The van der Waals surface area contributed by atoms with Crippen molar-refractivity contribution in [2.45, 2.75) is 64.8 Å². The van der Waals surface area contributed by atoms with E-state index in [1.807, 2.05) is 18.9 Å². The molecule has 10 nitrogen and oxygen atoms in total. The summed E-state index contributed by atoms with van der Waals surface area (Å²) in [7, 11) is 1.95. The molecule has 10 heteroatoms. The smallest absolute Gasteiger partial charge is 0.246 e. The predicted octanol–water partition coefficient (Wildman–Crippen LogP) is 1.52. The van der Waals surface area contributed by atoms with Crippen LogP contribution in [0.2, 0.25) is 0 Å². The standard InChI is InChI=1S/C18H31N7O3/c1-4-6-7-8-13(11-25(28)12-26)16(27)22-23-17-19-15(5-2)20-18(21-17)24(3)14-9-10-14/h12-14,28H,4-11H2,1-3H3,(H,22,27)(H,19,20,21,23). The molecule has 0 radical (unpaired) electrons. The minimum Gasteiger partial charge on any atom is -0.341 e. The molecular weight excluding hydrogens is 362 g/mol. The van der Waals surface area contributed by atoms with Crippen LogP contribution in [0.4, 0.5) is 11.9 Å². The van der Waals surface area contributed by atoms with Crippen molar-refractivity contribution in [1.82, 2.24) is 25.4 Å². The molecule has 1 saturated carbocycles. The predicted molar refractivity (Wildman–Crippen MR) is 105 cm³/mol. The lowest BCUT2D eigenvalue weighted by Crippen LogP contribution is -2.40. The van der Waals surface area contributed by atoms with Gasteiger partial charge in [0.1, 0.15) is 5.82 Å². The van der Waals surface area contributed by atoms with Gasteiger partial charge >= 0.3 is 0 Å². The van der Waals surface area contributed by atoms with Crippen LogP contribution in [0.1, 0.15) is 58.2 Å². The van der Waals surface area contributed by atoms with Gasteiger partial charge in [-0.1, -0.05) is 33.1 Å². The van der Waals surface area contributed by atoms with Crippen LogP contribution < -0.4 is 15.8 Å². The van der Waals surface area contributed by atoms with Gasteiger partial charge in [-0.2, -0.15) is 15.0 Å². The fraction of sp³-hybridized carbons (Fsp3) is 0.722. The molecule has 28 heavy (non-hydrogen) atoms. The maximum absolute atomic E-state index is 12.5. The lowest BCUT2D eigenvalue weighted by atomic mass is 10.0. The number of anilines is 2. The first kappa shape index (κ1) is 21.8. The number of nitrogens with one attached hydrogen (secondary N) is 2. The highest BCUT2D eigenvalue weighted by atomic mass is 16.5. The number of aryl methyl sites for hydroxylation is 1. The van der Waals surface area contributed by atoms with Crippen molar-refractivity contribution < 1.29 is 14.8 Å². The van der Waals surface area contributed by atoms with Crippen LogP contribution in [0, 0.1) is 5.92 Å². The normalized spacial score (nSPS) is 14.3. The molecule has 0 saturated heterocycles. The molecule has 1 aromatic heterocycles. The number of carbonyl (C=O) groups excluding carboxylic acids is 2. The van der Waals surface area contributed by atoms with Gasteiger partial charge in [-0.3, -0.25) is 25.6 Å². The van der Waals surface area contributed by atoms with E-state index in [4.69, 9.17) is 0 Å². The van der Waals surface area contributed by atoms with E-state index >= 15 is 0 Å². The molecule has 0 bridgehead atoms. The monoisotopic (exact) mass is 393 g/mol. The summed E-state index contributed by atoms with van der Waals surface area (Å²) in [5.41, 5.74) is 5.36. The van der Waals surface area contributed by atoms with Crippen LogP contribution >= 0.6 is 0 Å². The number of hydrogen-bond donors (Lipinski definition) is 3. The second kappa shape index (κ2) is 10.7. The van der Waals surface area contributed by atoms with Gasteiger partial charge in [0, 0.05) is 19.5 Å². The maximum atomic E-state index is 12.5. The van der Waals surface area contributed by atoms with Crippen molar-refractivity contribution in [1.29, 1.82) is 0 Å². The molecule has 1 heterocycles. The third-order valence-electron chi connectivity index (χ3n) is 4.75. The molecule has 1 unspecified atom stereocenters. The first-order chi connectivity index (χ1) is 13.5. The Bertz CT molecular complexity index is 654. The second-order valence-electron chi connectivity index (χ2n) is 7.11. The van der Waals surface area contributed by atoms with E-state index in [9.17, 15) is 14.8 Å². The highest BCUT2D eigenvalue weighted by molar-refractivity contribution is 5.80. The van der Waals surface area contributed by atoms with Gasteiger partial charge in [0.25, 0.3) is 0 Å². The van der Waals surface area contributed by atoms with Crippen molar-refractivity contribution in [3.8, 4) is 0 Å². The number of aromatic nitrogens is 3. The number of carbonyl (C=O) groups is 2. The molecule has 1 aliphatic carbocycles. The van der Waals surface area contributed by atoms with Gasteiger partial charge in [0.05, 0.1) is 12.5 Å². The van der Waals surface area contributed by atoms with Crippen LogP contribution in [-0.2, 0) is 16.0 Å². The summed E-state index contributed by atoms with van der Waals surface area (Å²) in [6.07, 6.45) is 6.59. The largest absolute Gasteiger partial charge is 0.341 e. The number of hydroxylamine groups is 2. The summed E-state index contributed by atoms with van der Waals surface area (Å²) in [6.45, 7) is 3.97. The van der Waals surface area contributed by atoms with Crippen molar-refractivity contribution in [3.63, 3.8) is 0 Å². The number of rotatable bonds is 13. The van der Waals surface area contributed by atoms with Crippen molar-refractivity contribution >= 4 is 24.2 Å². The van der Waals surface area contributed by atoms with Gasteiger partial charge in [-0.05, 0) is 19.3 Å². The van der Waals surface area contributed by atoms with E-state index in [1.54, 1.807) is 0 Å². The van der Waals surface area contributed by atoms with Gasteiger partial charge in [0.15, 0.2) is 0 Å². The van der Waals surface area contributed by atoms with Crippen LogP contribution in [0.3, 0.4) is 0 Å². The van der Waals surface area contributed by atoms with E-state index in [0.717, 1.165) is 32.1 Å². The van der Waals surface area contributed by atoms with E-state index in [2.05, 4.69) is 32.7 Å². The number of unbranched alkanes of at least 4 members (excludes halogenated alkanes) is 2. The summed E-state index contributed by atoms with van der Waals surface area (Å²) in [5.74, 6) is 0.624. The third kappa shape index (κ3) is 6.59. The quantitative estimate of drug-likeness (QED) is 0.199. The highest BCUT2D eigenvalue weighted by Crippen LogP contribution is 2.28. The number of hydrazine groups is 1. The van der Waals surface area contributed by atoms with Gasteiger partial charge < -0.3 is 4.90 Å². The van der Waals surface area contributed by atoms with Gasteiger partial charge in [0.2, 0.25) is 24.2 Å². The van der Waals surface area contributed by atoms with E-state index in [0.29, 0.717) is 42.1 Å². The Labute approximate surface area is 165 Å². The van der Waals surface area contributed by atoms with Crippen molar-refractivity contribution in [3.05, 3.63) is 5.82 Å². The molecule has 0 aliphatic heterocycles. The minimum atomic E-state index is -0.532. The third-order valence-corrected chi connectivity index (χ3v) is 4.75. The van der Waals surface area contributed by atoms with Crippen LogP contribution in [-0.4, -0.2) is 57.2 Å². The molecule has 2 amide bonds. The molecule has 1 aromatic rings. The van der Waals surface area contributed by atoms with Crippen LogP contribution in [0.5, 0.6) is 0 Å². The summed E-state index contributed by atoms with van der Waals surface area (Å²) < 4.78 is 0. The lowest BCUT2D eigenvalue weighted by molar-refractivity contribution is -0.154. The Morgan fingerprint density at radius 1 is 1.29 bits per heavy atom. The second-order valence-corrected chi connectivity index (χ2v) is 7.11. The molecule has 0 spiro atoms. The average molecular weight is 393 g/mol. The Hall–Kier alpha value is -2.49. The summed E-state index contributed by atoms with van der Waals surface area (Å²) in [6, 6.07) is 0.455. The van der Waals surface area contributed by atoms with Crippen LogP contribution in [0.25, 0.3) is 0 Å². The summed E-state index contributed by atoms with van der Waals surface area (Å²) >= 11 is 0. The fourth-order valence-corrected chi connectivity index (χ4v) is 2.84. The topological polar surface area (TPSA) is 124 Å². The zero-order valence-corrected chi connectivity index (χ0v) is 16.9. The fourth-order valence-electron chi connectivity index (χ4n) is 2.84. The lowest BCUT2D eigenvalue weighted by Gasteiger charge is -2.20. The van der Waals surface area contributed by atoms with Gasteiger partial charge in [-0.25, -0.2) is 5.06 Å². The van der Waals surface area contributed by atoms with E-state index < -0.39 is 5.92 Å². The van der Waals surface area contributed by atoms with Crippen LogP contribution in [0.15, 0.2) is 0 Å².